The number of halogens is 1. The summed E-state index contributed by atoms with van der Waals surface area (Å²) in [5.74, 6) is -0.395. The van der Waals surface area contributed by atoms with Crippen LogP contribution in [0.3, 0.4) is 0 Å². The van der Waals surface area contributed by atoms with Gasteiger partial charge in [0.25, 0.3) is 5.91 Å². The molecule has 0 aliphatic rings. The Kier molecular flexibility index (Phi) is 5.92. The molecule has 0 aliphatic carbocycles. The van der Waals surface area contributed by atoms with Gasteiger partial charge in [0.15, 0.2) is 5.69 Å². The standard InChI is InChI=1S/C16H17BrN2O4/c1-3-7-19(15(20)11-5-4-6-12(17)8-11)9-14-18-13(10-23-14)16(21)22-2/h4-6,8,10H,3,7,9H2,1-2H3. The average Bonchev–Trinajstić information content (AvgIpc) is 3.01. The van der Waals surface area contributed by atoms with Crippen molar-refractivity contribution in [2.45, 2.75) is 19.9 Å². The SMILES string of the molecule is CCCN(Cc1nc(C(=O)OC)co1)C(=O)c1cccc(Br)c1. The zero-order valence-electron chi connectivity index (χ0n) is 12.9. The fourth-order valence-corrected chi connectivity index (χ4v) is 2.47. The number of benzene rings is 1. The number of carbonyl (C=O) groups is 2. The van der Waals surface area contributed by atoms with Gasteiger partial charge in [-0.25, -0.2) is 9.78 Å². The highest BCUT2D eigenvalue weighted by Crippen LogP contribution is 2.15. The largest absolute Gasteiger partial charge is 0.464 e. The first-order chi connectivity index (χ1) is 11.0. The molecule has 0 radical (unpaired) electrons. The van der Waals surface area contributed by atoms with Gasteiger partial charge in [-0.1, -0.05) is 28.9 Å². The summed E-state index contributed by atoms with van der Waals surface area (Å²) >= 11 is 3.36. The Hall–Kier alpha value is -2.15. The molecular formula is C16H17BrN2O4. The Morgan fingerprint density at radius 1 is 1.39 bits per heavy atom. The summed E-state index contributed by atoms with van der Waals surface area (Å²) < 4.78 is 10.7. The van der Waals surface area contributed by atoms with Crippen LogP contribution in [-0.4, -0.2) is 35.4 Å². The number of oxazole rings is 1. The molecule has 0 saturated heterocycles. The molecular weight excluding hydrogens is 364 g/mol. The highest BCUT2D eigenvalue weighted by atomic mass is 79.9. The van der Waals surface area contributed by atoms with Crippen molar-refractivity contribution in [3.05, 3.63) is 52.1 Å². The number of ether oxygens (including phenoxy) is 1. The van der Waals surface area contributed by atoms with E-state index in [-0.39, 0.29) is 18.1 Å². The van der Waals surface area contributed by atoms with E-state index in [1.807, 2.05) is 19.1 Å². The molecule has 0 fully saturated rings. The molecule has 0 saturated carbocycles. The zero-order valence-corrected chi connectivity index (χ0v) is 14.5. The predicted molar refractivity (Wildman–Crippen MR) is 87.0 cm³/mol. The maximum atomic E-state index is 12.6. The molecule has 1 aromatic carbocycles. The van der Waals surface area contributed by atoms with Crippen LogP contribution in [0.4, 0.5) is 0 Å². The van der Waals surface area contributed by atoms with E-state index in [4.69, 9.17) is 4.42 Å². The summed E-state index contributed by atoms with van der Waals surface area (Å²) in [4.78, 5) is 29.7. The minimum absolute atomic E-state index is 0.0915. The third-order valence-corrected chi connectivity index (χ3v) is 3.62. The Labute approximate surface area is 142 Å². The van der Waals surface area contributed by atoms with Gasteiger partial charge >= 0.3 is 5.97 Å². The second-order valence-electron chi connectivity index (χ2n) is 4.86. The second-order valence-corrected chi connectivity index (χ2v) is 5.77. The lowest BCUT2D eigenvalue weighted by atomic mass is 10.2. The van der Waals surface area contributed by atoms with E-state index in [9.17, 15) is 9.59 Å². The van der Waals surface area contributed by atoms with Crippen LogP contribution in [0.5, 0.6) is 0 Å². The van der Waals surface area contributed by atoms with Crippen LogP contribution in [0, 0.1) is 0 Å². The third kappa shape index (κ3) is 4.41. The van der Waals surface area contributed by atoms with Gasteiger partial charge < -0.3 is 14.1 Å². The zero-order chi connectivity index (χ0) is 16.8. The topological polar surface area (TPSA) is 72.6 Å². The van der Waals surface area contributed by atoms with E-state index in [1.165, 1.54) is 13.4 Å². The van der Waals surface area contributed by atoms with Gasteiger partial charge in [0.1, 0.15) is 6.26 Å². The summed E-state index contributed by atoms with van der Waals surface area (Å²) in [6, 6.07) is 7.19. The van der Waals surface area contributed by atoms with Crippen molar-refractivity contribution in [2.75, 3.05) is 13.7 Å². The number of hydrogen-bond acceptors (Lipinski definition) is 5. The number of amides is 1. The van der Waals surface area contributed by atoms with Gasteiger partial charge in [-0.2, -0.15) is 0 Å². The van der Waals surface area contributed by atoms with Gasteiger partial charge in [0, 0.05) is 16.6 Å². The number of methoxy groups -OCH3 is 1. The van der Waals surface area contributed by atoms with E-state index in [0.717, 1.165) is 10.9 Å². The highest BCUT2D eigenvalue weighted by molar-refractivity contribution is 9.10. The number of rotatable bonds is 6. The van der Waals surface area contributed by atoms with Crippen LogP contribution in [0.15, 0.2) is 39.4 Å². The Morgan fingerprint density at radius 3 is 2.83 bits per heavy atom. The van der Waals surface area contributed by atoms with Crippen molar-refractivity contribution >= 4 is 27.8 Å². The van der Waals surface area contributed by atoms with E-state index in [2.05, 4.69) is 25.7 Å². The smallest absolute Gasteiger partial charge is 0.360 e. The van der Waals surface area contributed by atoms with E-state index < -0.39 is 5.97 Å². The second kappa shape index (κ2) is 7.92. The van der Waals surface area contributed by atoms with E-state index >= 15 is 0 Å². The maximum absolute atomic E-state index is 12.6. The van der Waals surface area contributed by atoms with Crippen molar-refractivity contribution < 1.29 is 18.7 Å². The van der Waals surface area contributed by atoms with Crippen molar-refractivity contribution in [1.82, 2.24) is 9.88 Å². The van der Waals surface area contributed by atoms with Gasteiger partial charge in [-0.3, -0.25) is 4.79 Å². The van der Waals surface area contributed by atoms with E-state index in [1.54, 1.807) is 17.0 Å². The molecule has 0 N–H and O–H groups in total. The predicted octanol–water partition coefficient (Wildman–Crippen LogP) is 3.28. The molecule has 0 spiro atoms. The molecule has 0 atom stereocenters. The van der Waals surface area contributed by atoms with Crippen molar-refractivity contribution in [3.63, 3.8) is 0 Å². The monoisotopic (exact) mass is 380 g/mol. The van der Waals surface area contributed by atoms with Gasteiger partial charge in [-0.15, -0.1) is 0 Å². The summed E-state index contributed by atoms with van der Waals surface area (Å²) in [6.45, 7) is 2.73. The normalized spacial score (nSPS) is 10.4. The Morgan fingerprint density at radius 2 is 2.17 bits per heavy atom. The quantitative estimate of drug-likeness (QED) is 0.719. The minimum Gasteiger partial charge on any atom is -0.464 e. The van der Waals surface area contributed by atoms with Crippen molar-refractivity contribution in [2.24, 2.45) is 0 Å². The molecule has 0 unspecified atom stereocenters. The molecule has 2 rings (SSSR count). The number of aromatic nitrogens is 1. The highest BCUT2D eigenvalue weighted by Gasteiger charge is 2.19. The number of esters is 1. The molecule has 7 heteroatoms. The fraction of sp³-hybridized carbons (Fsp3) is 0.312. The van der Waals surface area contributed by atoms with E-state index in [0.29, 0.717) is 18.0 Å². The van der Waals surface area contributed by atoms with Gasteiger partial charge in [0.05, 0.1) is 13.7 Å². The molecule has 0 bridgehead atoms. The van der Waals surface area contributed by atoms with Crippen LogP contribution in [0.2, 0.25) is 0 Å². The first-order valence-corrected chi connectivity index (χ1v) is 7.92. The van der Waals surface area contributed by atoms with Gasteiger partial charge in [-0.05, 0) is 24.6 Å². The first-order valence-electron chi connectivity index (χ1n) is 7.12. The van der Waals surface area contributed by atoms with Gasteiger partial charge in [0.2, 0.25) is 5.89 Å². The Bertz CT molecular complexity index is 699. The summed E-state index contributed by atoms with van der Waals surface area (Å²) in [5.41, 5.74) is 0.668. The lowest BCUT2D eigenvalue weighted by molar-refractivity contribution is 0.0594. The molecule has 1 heterocycles. The van der Waals surface area contributed by atoms with Crippen LogP contribution in [0.1, 0.15) is 40.1 Å². The molecule has 6 nitrogen and oxygen atoms in total. The van der Waals surface area contributed by atoms with Crippen LogP contribution in [-0.2, 0) is 11.3 Å². The average molecular weight is 381 g/mol. The number of nitrogens with zero attached hydrogens (tertiary/aromatic N) is 2. The fourth-order valence-electron chi connectivity index (χ4n) is 2.07. The summed E-state index contributed by atoms with van der Waals surface area (Å²) in [5, 5.41) is 0. The van der Waals surface area contributed by atoms with Crippen molar-refractivity contribution in [1.29, 1.82) is 0 Å². The maximum Gasteiger partial charge on any atom is 0.360 e. The number of carbonyl (C=O) groups excluding carboxylic acids is 2. The summed E-state index contributed by atoms with van der Waals surface area (Å²) in [7, 11) is 1.27. The van der Waals surface area contributed by atoms with Crippen LogP contribution >= 0.6 is 15.9 Å². The lowest BCUT2D eigenvalue weighted by Gasteiger charge is -2.20. The first kappa shape index (κ1) is 17.2. The number of hydrogen-bond donors (Lipinski definition) is 0. The Balaban J connectivity index is 2.16. The minimum atomic E-state index is -0.569. The third-order valence-electron chi connectivity index (χ3n) is 3.12. The van der Waals surface area contributed by atoms with Crippen molar-refractivity contribution in [3.8, 4) is 0 Å². The lowest BCUT2D eigenvalue weighted by Crippen LogP contribution is -2.31. The van der Waals surface area contributed by atoms with Crippen LogP contribution in [0.25, 0.3) is 0 Å². The molecule has 1 amide bonds. The molecule has 0 aliphatic heterocycles. The summed E-state index contributed by atoms with van der Waals surface area (Å²) in [6.07, 6.45) is 2.03. The molecule has 2 aromatic rings. The molecule has 23 heavy (non-hydrogen) atoms. The molecule has 1 aromatic heterocycles. The van der Waals surface area contributed by atoms with Crippen LogP contribution < -0.4 is 0 Å². The molecule has 122 valence electrons.